The van der Waals surface area contributed by atoms with Crippen LogP contribution in [-0.4, -0.2) is 20.7 Å². The van der Waals surface area contributed by atoms with Gasteiger partial charge in [0.05, 0.1) is 11.1 Å². The number of carbonyl (C=O) groups excluding carboxylic acids is 1. The zero-order chi connectivity index (χ0) is 24.5. The number of benzene rings is 1. The van der Waals surface area contributed by atoms with Gasteiger partial charge in [-0.05, 0) is 61.7 Å². The number of Topliss-reactive ketones (excluding diaryl/α,β-unsaturated/α-hetero) is 1. The quantitative estimate of drug-likeness (QED) is 0.225. The highest BCUT2D eigenvalue weighted by Gasteiger charge is 2.18. The van der Waals surface area contributed by atoms with Crippen molar-refractivity contribution in [2.75, 3.05) is 0 Å². The van der Waals surface area contributed by atoms with Gasteiger partial charge in [0.15, 0.2) is 17.0 Å². The minimum Gasteiger partial charge on any atom is -0.460 e. The number of rotatable bonds is 6. The van der Waals surface area contributed by atoms with Crippen molar-refractivity contribution in [2.45, 2.75) is 26.7 Å². The van der Waals surface area contributed by atoms with Crippen LogP contribution < -0.4 is 5.43 Å². The van der Waals surface area contributed by atoms with Crippen molar-refractivity contribution in [1.82, 2.24) is 15.0 Å². The van der Waals surface area contributed by atoms with Gasteiger partial charge in [-0.25, -0.2) is 9.97 Å². The summed E-state index contributed by atoms with van der Waals surface area (Å²) < 4.78 is 5.87. The Hall–Kier alpha value is -4.03. The lowest BCUT2D eigenvalue weighted by Gasteiger charge is -2.11. The SMILES string of the molecule is Cc1cc(-c2cc3c(=O)cc(C(=O)CCc4ccccc4)[nH]c3nc2-c2ccc(C)o2)cc(Cl)n1. The highest BCUT2D eigenvalue weighted by Crippen LogP contribution is 2.34. The van der Waals surface area contributed by atoms with Crippen LogP contribution >= 0.6 is 11.6 Å². The second-order valence-electron chi connectivity index (χ2n) is 8.47. The molecule has 0 radical (unpaired) electrons. The molecule has 5 rings (SSSR count). The van der Waals surface area contributed by atoms with E-state index < -0.39 is 0 Å². The van der Waals surface area contributed by atoms with E-state index in [1.807, 2.05) is 62.4 Å². The zero-order valence-electron chi connectivity index (χ0n) is 19.3. The summed E-state index contributed by atoms with van der Waals surface area (Å²) in [5.41, 5.74) is 4.08. The number of halogens is 1. The van der Waals surface area contributed by atoms with Gasteiger partial charge >= 0.3 is 0 Å². The molecule has 174 valence electrons. The van der Waals surface area contributed by atoms with Gasteiger partial charge in [0.1, 0.15) is 22.3 Å². The molecule has 0 aliphatic carbocycles. The third-order valence-electron chi connectivity index (χ3n) is 5.81. The summed E-state index contributed by atoms with van der Waals surface area (Å²) in [6.45, 7) is 3.70. The Balaban J connectivity index is 1.62. The second-order valence-corrected chi connectivity index (χ2v) is 8.85. The minimum absolute atomic E-state index is 0.148. The first-order valence-electron chi connectivity index (χ1n) is 11.2. The van der Waals surface area contributed by atoms with E-state index >= 15 is 0 Å². The number of hydrogen-bond acceptors (Lipinski definition) is 5. The minimum atomic E-state index is -0.283. The van der Waals surface area contributed by atoms with Crippen LogP contribution in [0, 0.1) is 13.8 Å². The van der Waals surface area contributed by atoms with E-state index in [-0.39, 0.29) is 23.3 Å². The third-order valence-corrected chi connectivity index (χ3v) is 6.00. The fourth-order valence-corrected chi connectivity index (χ4v) is 4.36. The van der Waals surface area contributed by atoms with Crippen molar-refractivity contribution >= 4 is 28.4 Å². The standard InChI is InChI=1S/C28H22ClN3O3/c1-16-12-19(13-26(29)30-16)20-14-21-24(34)15-22(23(33)10-9-18-6-4-3-5-7-18)31-28(21)32-27(20)25-11-8-17(2)35-25/h3-8,11-15H,9-10H2,1-2H3,(H,31,32,34). The number of aryl methyl sites for hydroxylation is 3. The molecular weight excluding hydrogens is 462 g/mol. The fraction of sp³-hybridized carbons (Fsp3) is 0.143. The molecule has 0 saturated carbocycles. The number of nitrogens with one attached hydrogen (secondary N) is 1. The Morgan fingerprint density at radius 1 is 1.00 bits per heavy atom. The predicted molar refractivity (Wildman–Crippen MR) is 137 cm³/mol. The first-order valence-corrected chi connectivity index (χ1v) is 11.6. The van der Waals surface area contributed by atoms with Crippen molar-refractivity contribution < 1.29 is 9.21 Å². The number of carbonyl (C=O) groups is 1. The van der Waals surface area contributed by atoms with Gasteiger partial charge in [0.25, 0.3) is 0 Å². The zero-order valence-corrected chi connectivity index (χ0v) is 20.0. The molecule has 1 aromatic carbocycles. The summed E-state index contributed by atoms with van der Waals surface area (Å²) in [6.07, 6.45) is 0.869. The van der Waals surface area contributed by atoms with E-state index in [2.05, 4.69) is 9.97 Å². The van der Waals surface area contributed by atoms with Crippen molar-refractivity contribution in [3.8, 4) is 22.6 Å². The summed E-state index contributed by atoms with van der Waals surface area (Å²) in [6, 6.07) is 20.2. The summed E-state index contributed by atoms with van der Waals surface area (Å²) >= 11 is 6.22. The van der Waals surface area contributed by atoms with Gasteiger partial charge < -0.3 is 9.40 Å². The molecule has 0 saturated heterocycles. The van der Waals surface area contributed by atoms with E-state index in [0.29, 0.717) is 39.6 Å². The number of aromatic nitrogens is 3. The van der Waals surface area contributed by atoms with Gasteiger partial charge in [-0.2, -0.15) is 0 Å². The normalized spacial score (nSPS) is 11.2. The number of H-pyrrole nitrogens is 1. The number of pyridine rings is 3. The Bertz CT molecular complexity index is 1600. The van der Waals surface area contributed by atoms with Crippen LogP contribution in [-0.2, 0) is 6.42 Å². The molecule has 1 N–H and O–H groups in total. The molecule has 35 heavy (non-hydrogen) atoms. The van der Waals surface area contributed by atoms with E-state index in [1.165, 1.54) is 6.07 Å². The van der Waals surface area contributed by atoms with Crippen LogP contribution in [0.2, 0.25) is 5.15 Å². The molecule has 5 aromatic rings. The van der Waals surface area contributed by atoms with Crippen molar-refractivity contribution in [3.05, 3.63) is 105 Å². The van der Waals surface area contributed by atoms with Crippen LogP contribution in [0.25, 0.3) is 33.6 Å². The molecule has 6 nitrogen and oxygen atoms in total. The Morgan fingerprint density at radius 3 is 2.51 bits per heavy atom. The summed E-state index contributed by atoms with van der Waals surface area (Å²) in [5.74, 6) is 1.13. The molecule has 0 amide bonds. The van der Waals surface area contributed by atoms with Gasteiger partial charge in [0.2, 0.25) is 0 Å². The highest BCUT2D eigenvalue weighted by molar-refractivity contribution is 6.29. The molecule has 0 bridgehead atoms. The lowest BCUT2D eigenvalue weighted by Crippen LogP contribution is -2.12. The number of hydrogen-bond donors (Lipinski definition) is 1. The second kappa shape index (κ2) is 9.31. The van der Waals surface area contributed by atoms with Crippen LogP contribution in [0.15, 0.2) is 75.9 Å². The number of aromatic amines is 1. The number of fused-ring (bicyclic) bond motifs is 1. The molecule has 0 fully saturated rings. The molecule has 0 spiro atoms. The maximum absolute atomic E-state index is 13.1. The van der Waals surface area contributed by atoms with Crippen LogP contribution in [0.1, 0.15) is 33.9 Å². The van der Waals surface area contributed by atoms with E-state index in [1.54, 1.807) is 12.1 Å². The maximum Gasteiger partial charge on any atom is 0.191 e. The van der Waals surface area contributed by atoms with E-state index in [4.69, 9.17) is 21.0 Å². The van der Waals surface area contributed by atoms with Crippen LogP contribution in [0.3, 0.4) is 0 Å². The predicted octanol–water partition coefficient (Wildman–Crippen LogP) is 6.33. The van der Waals surface area contributed by atoms with Gasteiger partial charge in [-0.15, -0.1) is 0 Å². The Labute approximate surface area is 206 Å². The maximum atomic E-state index is 13.1. The third kappa shape index (κ3) is 4.79. The molecule has 0 atom stereocenters. The summed E-state index contributed by atoms with van der Waals surface area (Å²) in [4.78, 5) is 38.0. The Kier molecular flexibility index (Phi) is 6.05. The monoisotopic (exact) mass is 483 g/mol. The van der Waals surface area contributed by atoms with E-state index in [9.17, 15) is 9.59 Å². The first-order chi connectivity index (χ1) is 16.9. The molecule has 0 aliphatic rings. The van der Waals surface area contributed by atoms with E-state index in [0.717, 1.165) is 22.6 Å². The van der Waals surface area contributed by atoms with Gasteiger partial charge in [-0.3, -0.25) is 9.59 Å². The van der Waals surface area contributed by atoms with Crippen molar-refractivity contribution in [1.29, 1.82) is 0 Å². The van der Waals surface area contributed by atoms with Crippen molar-refractivity contribution in [2.24, 2.45) is 0 Å². The summed E-state index contributed by atoms with van der Waals surface area (Å²) in [7, 11) is 0. The lowest BCUT2D eigenvalue weighted by atomic mass is 10.0. The van der Waals surface area contributed by atoms with Crippen molar-refractivity contribution in [3.63, 3.8) is 0 Å². The Morgan fingerprint density at radius 2 is 1.80 bits per heavy atom. The number of nitrogens with zero attached hydrogens (tertiary/aromatic N) is 2. The fourth-order valence-electron chi connectivity index (χ4n) is 4.11. The molecule has 0 unspecified atom stereocenters. The number of ketones is 1. The number of furan rings is 1. The van der Waals surface area contributed by atoms with Gasteiger partial charge in [0, 0.05) is 23.7 Å². The average Bonchev–Trinajstić information content (AvgIpc) is 3.28. The molecule has 4 heterocycles. The molecule has 7 heteroatoms. The van der Waals surface area contributed by atoms with Gasteiger partial charge in [-0.1, -0.05) is 41.9 Å². The van der Waals surface area contributed by atoms with Crippen LogP contribution in [0.4, 0.5) is 0 Å². The topological polar surface area (TPSA) is 88.9 Å². The average molecular weight is 484 g/mol. The summed E-state index contributed by atoms with van der Waals surface area (Å²) in [5, 5.41) is 0.715. The molecule has 4 aromatic heterocycles. The largest absolute Gasteiger partial charge is 0.460 e. The molecule has 0 aliphatic heterocycles. The molecular formula is C28H22ClN3O3. The lowest BCUT2D eigenvalue weighted by molar-refractivity contribution is 0.0978. The van der Waals surface area contributed by atoms with Crippen LogP contribution in [0.5, 0.6) is 0 Å². The first kappa shape index (κ1) is 22.7. The smallest absolute Gasteiger partial charge is 0.191 e. The highest BCUT2D eigenvalue weighted by atomic mass is 35.5.